The largest absolute Gasteiger partial charge is 0.493 e. The number of allylic oxidation sites excluding steroid dienone is 1. The van der Waals surface area contributed by atoms with Crippen LogP contribution in [0.2, 0.25) is 0 Å². The Bertz CT molecular complexity index is 965. The Balaban J connectivity index is 2.45. The van der Waals surface area contributed by atoms with Crippen molar-refractivity contribution in [1.82, 2.24) is 0 Å². The molecule has 0 heterocycles. The number of methoxy groups -OCH3 is 1. The van der Waals surface area contributed by atoms with E-state index in [9.17, 15) is 20.2 Å². The van der Waals surface area contributed by atoms with E-state index in [0.29, 0.717) is 15.6 Å². The van der Waals surface area contributed by atoms with Crippen LogP contribution in [-0.4, -0.2) is 29.7 Å². The highest BCUT2D eigenvalue weighted by atomic mass is 79.9. The molecule has 0 fully saturated rings. The van der Waals surface area contributed by atoms with Crippen molar-refractivity contribution in [2.75, 3.05) is 13.7 Å². The number of nitro benzene ring substituents is 1. The van der Waals surface area contributed by atoms with E-state index in [-0.39, 0.29) is 22.8 Å². The number of ether oxygens (including phenoxy) is 2. The van der Waals surface area contributed by atoms with Gasteiger partial charge in [0.25, 0.3) is 5.69 Å². The van der Waals surface area contributed by atoms with Gasteiger partial charge in [0.1, 0.15) is 0 Å². The molecule has 9 heteroatoms. The highest BCUT2D eigenvalue weighted by molar-refractivity contribution is 9.10. The minimum atomic E-state index is -1.13. The molecular formula is C18H13BrN2O6. The monoisotopic (exact) mass is 432 g/mol. The molecule has 0 saturated carbocycles. The lowest BCUT2D eigenvalue weighted by Gasteiger charge is -2.12. The lowest BCUT2D eigenvalue weighted by molar-refractivity contribution is -0.384. The molecule has 2 aromatic rings. The Morgan fingerprint density at radius 1 is 1.41 bits per heavy atom. The number of carboxylic acid groups (broad SMARTS) is 1. The zero-order chi connectivity index (χ0) is 20.0. The topological polar surface area (TPSA) is 123 Å². The van der Waals surface area contributed by atoms with Gasteiger partial charge in [0.2, 0.25) is 0 Å². The second-order valence-corrected chi connectivity index (χ2v) is 6.05. The van der Waals surface area contributed by atoms with Gasteiger partial charge in [-0.05, 0) is 45.3 Å². The number of aliphatic carboxylic acids is 1. The van der Waals surface area contributed by atoms with E-state index < -0.39 is 17.5 Å². The van der Waals surface area contributed by atoms with Crippen molar-refractivity contribution < 1.29 is 24.3 Å². The molecule has 0 spiro atoms. The van der Waals surface area contributed by atoms with Crippen LogP contribution < -0.4 is 9.47 Å². The SMILES string of the molecule is COc1cc(/C=C(\C#N)c2cccc([N+](=O)[O-])c2)cc(Br)c1OCC(=O)O. The Hall–Kier alpha value is -3.38. The van der Waals surface area contributed by atoms with Gasteiger partial charge >= 0.3 is 5.97 Å². The van der Waals surface area contributed by atoms with E-state index in [1.807, 2.05) is 6.07 Å². The van der Waals surface area contributed by atoms with Crippen molar-refractivity contribution in [1.29, 1.82) is 5.26 Å². The van der Waals surface area contributed by atoms with Crippen LogP contribution in [0, 0.1) is 21.4 Å². The molecule has 0 aliphatic carbocycles. The fourth-order valence-electron chi connectivity index (χ4n) is 2.23. The molecule has 8 nitrogen and oxygen atoms in total. The fraction of sp³-hybridized carbons (Fsp3) is 0.111. The summed E-state index contributed by atoms with van der Waals surface area (Å²) in [6.07, 6.45) is 1.54. The van der Waals surface area contributed by atoms with Crippen LogP contribution in [0.1, 0.15) is 11.1 Å². The first-order chi connectivity index (χ1) is 12.8. The van der Waals surface area contributed by atoms with E-state index in [1.165, 1.54) is 31.4 Å². The minimum Gasteiger partial charge on any atom is -0.493 e. The maximum atomic E-state index is 10.9. The number of non-ortho nitro benzene ring substituents is 1. The van der Waals surface area contributed by atoms with Gasteiger partial charge in [-0.1, -0.05) is 12.1 Å². The van der Waals surface area contributed by atoms with Gasteiger partial charge in [-0.3, -0.25) is 10.1 Å². The minimum absolute atomic E-state index is 0.121. The first-order valence-corrected chi connectivity index (χ1v) is 8.23. The third-order valence-electron chi connectivity index (χ3n) is 3.39. The van der Waals surface area contributed by atoms with E-state index in [4.69, 9.17) is 14.6 Å². The number of carbonyl (C=O) groups is 1. The summed E-state index contributed by atoms with van der Waals surface area (Å²) in [5.74, 6) is -0.649. The van der Waals surface area contributed by atoms with Crippen molar-refractivity contribution in [3.8, 4) is 17.6 Å². The quantitative estimate of drug-likeness (QED) is 0.304. The molecule has 27 heavy (non-hydrogen) atoms. The average Bonchev–Trinajstić information content (AvgIpc) is 2.64. The molecule has 0 radical (unpaired) electrons. The van der Waals surface area contributed by atoms with Crippen LogP contribution in [0.25, 0.3) is 11.6 Å². The standard InChI is InChI=1S/C18H13BrN2O6/c1-26-16-7-11(6-15(19)18(16)27-10-17(22)23)5-13(9-20)12-3-2-4-14(8-12)21(24)25/h2-8H,10H2,1H3,(H,22,23)/b13-5+. The molecule has 1 N–H and O–H groups in total. The highest BCUT2D eigenvalue weighted by Gasteiger charge is 2.14. The Morgan fingerprint density at radius 2 is 2.15 bits per heavy atom. The number of nitrogens with zero attached hydrogens (tertiary/aromatic N) is 2. The predicted molar refractivity (Wildman–Crippen MR) is 100 cm³/mol. The zero-order valence-electron chi connectivity index (χ0n) is 14.0. The molecule has 2 rings (SSSR count). The first kappa shape index (κ1) is 19.9. The van der Waals surface area contributed by atoms with Gasteiger partial charge < -0.3 is 14.6 Å². The summed E-state index contributed by atoms with van der Waals surface area (Å²) in [4.78, 5) is 21.1. The number of hydrogen-bond acceptors (Lipinski definition) is 6. The van der Waals surface area contributed by atoms with Crippen molar-refractivity contribution in [3.05, 3.63) is 62.1 Å². The van der Waals surface area contributed by atoms with Crippen molar-refractivity contribution in [2.24, 2.45) is 0 Å². The molecular weight excluding hydrogens is 420 g/mol. The molecule has 0 aromatic heterocycles. The average molecular weight is 433 g/mol. The summed E-state index contributed by atoms with van der Waals surface area (Å²) in [6, 6.07) is 10.9. The Kier molecular flexibility index (Phi) is 6.51. The molecule has 0 aliphatic heterocycles. The van der Waals surface area contributed by atoms with Crippen LogP contribution in [0.4, 0.5) is 5.69 Å². The number of nitro groups is 1. The second kappa shape index (κ2) is 8.82. The lowest BCUT2D eigenvalue weighted by atomic mass is 10.0. The van der Waals surface area contributed by atoms with Gasteiger partial charge in [0, 0.05) is 12.1 Å². The third-order valence-corrected chi connectivity index (χ3v) is 3.98. The van der Waals surface area contributed by atoms with Crippen LogP contribution in [0.5, 0.6) is 11.5 Å². The van der Waals surface area contributed by atoms with E-state index in [2.05, 4.69) is 15.9 Å². The number of rotatable bonds is 7. The Labute approximate surface area is 162 Å². The number of nitriles is 1. The van der Waals surface area contributed by atoms with Crippen molar-refractivity contribution in [2.45, 2.75) is 0 Å². The fourth-order valence-corrected chi connectivity index (χ4v) is 2.81. The summed E-state index contributed by atoms with van der Waals surface area (Å²) in [5.41, 5.74) is 1.05. The van der Waals surface area contributed by atoms with Gasteiger partial charge in [0.15, 0.2) is 18.1 Å². The molecule has 0 amide bonds. The molecule has 0 atom stereocenters. The first-order valence-electron chi connectivity index (χ1n) is 7.44. The molecule has 0 aliphatic rings. The van der Waals surface area contributed by atoms with Gasteiger partial charge in [-0.15, -0.1) is 0 Å². The number of carboxylic acids is 1. The molecule has 0 unspecified atom stereocenters. The number of hydrogen-bond donors (Lipinski definition) is 1. The summed E-state index contributed by atoms with van der Waals surface area (Å²) < 4.78 is 10.9. The van der Waals surface area contributed by atoms with Crippen molar-refractivity contribution >= 4 is 39.2 Å². The molecule has 0 bridgehead atoms. The van der Waals surface area contributed by atoms with Gasteiger partial charge in [-0.25, -0.2) is 4.79 Å². The van der Waals surface area contributed by atoms with Crippen molar-refractivity contribution in [3.63, 3.8) is 0 Å². The summed E-state index contributed by atoms with van der Waals surface area (Å²) in [7, 11) is 1.40. The van der Waals surface area contributed by atoms with Crippen LogP contribution in [-0.2, 0) is 4.79 Å². The van der Waals surface area contributed by atoms with E-state index >= 15 is 0 Å². The van der Waals surface area contributed by atoms with Crippen LogP contribution in [0.15, 0.2) is 40.9 Å². The number of benzene rings is 2. The Morgan fingerprint density at radius 3 is 2.74 bits per heavy atom. The molecule has 138 valence electrons. The highest BCUT2D eigenvalue weighted by Crippen LogP contribution is 2.37. The summed E-state index contributed by atoms with van der Waals surface area (Å²) in [6.45, 7) is -0.540. The molecule has 2 aromatic carbocycles. The van der Waals surface area contributed by atoms with Crippen LogP contribution >= 0.6 is 15.9 Å². The normalized spacial score (nSPS) is 10.8. The van der Waals surface area contributed by atoms with Gasteiger partial charge in [-0.2, -0.15) is 5.26 Å². The van der Waals surface area contributed by atoms with Gasteiger partial charge in [0.05, 0.1) is 28.1 Å². The van der Waals surface area contributed by atoms with Crippen LogP contribution in [0.3, 0.4) is 0 Å². The van der Waals surface area contributed by atoms with E-state index in [0.717, 1.165) is 0 Å². The van der Waals surface area contributed by atoms with E-state index in [1.54, 1.807) is 18.2 Å². The molecule has 0 saturated heterocycles. The third kappa shape index (κ3) is 5.05. The summed E-state index contributed by atoms with van der Waals surface area (Å²) >= 11 is 3.29. The zero-order valence-corrected chi connectivity index (χ0v) is 15.6. The number of halogens is 1. The smallest absolute Gasteiger partial charge is 0.341 e. The maximum Gasteiger partial charge on any atom is 0.341 e. The lowest BCUT2D eigenvalue weighted by Crippen LogP contribution is -2.10. The predicted octanol–water partition coefficient (Wildman–Crippen LogP) is 3.89. The second-order valence-electron chi connectivity index (χ2n) is 5.19. The maximum absolute atomic E-state index is 10.9. The summed E-state index contributed by atoms with van der Waals surface area (Å²) in [5, 5.41) is 29.1.